The van der Waals surface area contributed by atoms with Crippen molar-refractivity contribution in [1.29, 1.82) is 0 Å². The molecular formula is C12H13NO2S. The molecule has 1 heterocycles. The zero-order valence-electron chi connectivity index (χ0n) is 9.24. The van der Waals surface area contributed by atoms with E-state index in [0.717, 1.165) is 15.8 Å². The fourth-order valence-electron chi connectivity index (χ4n) is 1.62. The van der Waals surface area contributed by atoms with Crippen LogP contribution in [0.2, 0.25) is 0 Å². The Hall–Kier alpha value is -1.42. The highest BCUT2D eigenvalue weighted by Gasteiger charge is 2.11. The van der Waals surface area contributed by atoms with E-state index in [-0.39, 0.29) is 5.97 Å². The molecule has 0 bridgehead atoms. The summed E-state index contributed by atoms with van der Waals surface area (Å²) in [5.74, 6) is -0.300. The van der Waals surface area contributed by atoms with E-state index < -0.39 is 0 Å². The summed E-state index contributed by atoms with van der Waals surface area (Å²) < 4.78 is 4.95. The molecule has 4 heteroatoms. The minimum absolute atomic E-state index is 0.300. The molecule has 16 heavy (non-hydrogen) atoms. The molecule has 0 unspecified atom stereocenters. The minimum Gasteiger partial charge on any atom is -0.461 e. The van der Waals surface area contributed by atoms with Gasteiger partial charge in [-0.05, 0) is 25.3 Å². The van der Waals surface area contributed by atoms with Gasteiger partial charge in [-0.1, -0.05) is 12.1 Å². The molecule has 2 rings (SSSR count). The number of para-hydroxylation sites is 1. The number of esters is 1. The van der Waals surface area contributed by atoms with Crippen molar-refractivity contribution in [2.45, 2.75) is 11.8 Å². The molecule has 0 saturated carbocycles. The summed E-state index contributed by atoms with van der Waals surface area (Å²) in [6.07, 6.45) is 2.01. The maximum Gasteiger partial charge on any atom is 0.354 e. The Morgan fingerprint density at radius 2 is 2.31 bits per heavy atom. The van der Waals surface area contributed by atoms with Gasteiger partial charge in [-0.15, -0.1) is 11.8 Å². The van der Waals surface area contributed by atoms with Crippen LogP contribution < -0.4 is 0 Å². The van der Waals surface area contributed by atoms with Crippen molar-refractivity contribution in [3.8, 4) is 0 Å². The van der Waals surface area contributed by atoms with E-state index in [1.807, 2.05) is 30.5 Å². The molecule has 0 amide bonds. The summed E-state index contributed by atoms with van der Waals surface area (Å²) in [6.45, 7) is 2.19. The second kappa shape index (κ2) is 4.61. The largest absolute Gasteiger partial charge is 0.461 e. The zero-order chi connectivity index (χ0) is 11.5. The summed E-state index contributed by atoms with van der Waals surface area (Å²) in [5, 5.41) is 1.04. The number of aromatic nitrogens is 1. The third kappa shape index (κ3) is 1.93. The first-order chi connectivity index (χ1) is 7.76. The van der Waals surface area contributed by atoms with Gasteiger partial charge in [-0.3, -0.25) is 0 Å². The van der Waals surface area contributed by atoms with Crippen LogP contribution in [0.5, 0.6) is 0 Å². The molecule has 0 aliphatic heterocycles. The highest BCUT2D eigenvalue weighted by Crippen LogP contribution is 2.26. The molecule has 3 nitrogen and oxygen atoms in total. The summed E-state index contributed by atoms with van der Waals surface area (Å²) >= 11 is 1.65. The smallest absolute Gasteiger partial charge is 0.354 e. The maximum atomic E-state index is 11.6. The SMILES string of the molecule is CCOC(=O)c1cc2cccc(SC)c2[nH]1. The predicted octanol–water partition coefficient (Wildman–Crippen LogP) is 3.07. The van der Waals surface area contributed by atoms with E-state index in [2.05, 4.69) is 4.98 Å². The highest BCUT2D eigenvalue weighted by molar-refractivity contribution is 7.98. The Bertz CT molecular complexity index is 519. The molecule has 0 aliphatic carbocycles. The molecule has 0 atom stereocenters. The van der Waals surface area contributed by atoms with Gasteiger partial charge in [0.25, 0.3) is 0 Å². The Balaban J connectivity index is 2.47. The Morgan fingerprint density at radius 3 is 3.00 bits per heavy atom. The van der Waals surface area contributed by atoms with Gasteiger partial charge >= 0.3 is 5.97 Å². The lowest BCUT2D eigenvalue weighted by Gasteiger charge is -1.98. The molecule has 2 aromatic rings. The first-order valence-electron chi connectivity index (χ1n) is 5.09. The average Bonchev–Trinajstić information content (AvgIpc) is 2.72. The summed E-state index contributed by atoms with van der Waals surface area (Å²) in [4.78, 5) is 15.8. The summed E-state index contributed by atoms with van der Waals surface area (Å²) in [5.41, 5.74) is 1.51. The molecule has 0 spiro atoms. The van der Waals surface area contributed by atoms with Crippen molar-refractivity contribution in [2.24, 2.45) is 0 Å². The minimum atomic E-state index is -0.300. The van der Waals surface area contributed by atoms with E-state index in [0.29, 0.717) is 12.3 Å². The Morgan fingerprint density at radius 1 is 1.50 bits per heavy atom. The monoisotopic (exact) mass is 235 g/mol. The molecule has 0 saturated heterocycles. The molecule has 0 fully saturated rings. The van der Waals surface area contributed by atoms with E-state index in [4.69, 9.17) is 4.74 Å². The van der Waals surface area contributed by atoms with Crippen molar-refractivity contribution in [3.63, 3.8) is 0 Å². The van der Waals surface area contributed by atoms with Crippen LogP contribution in [0.4, 0.5) is 0 Å². The number of aromatic amines is 1. The molecule has 1 N–H and O–H groups in total. The van der Waals surface area contributed by atoms with Crippen LogP contribution in [0, 0.1) is 0 Å². The van der Waals surface area contributed by atoms with Crippen LogP contribution in [0.25, 0.3) is 10.9 Å². The number of fused-ring (bicyclic) bond motifs is 1. The van der Waals surface area contributed by atoms with E-state index in [1.54, 1.807) is 18.7 Å². The van der Waals surface area contributed by atoms with E-state index in [9.17, 15) is 4.79 Å². The lowest BCUT2D eigenvalue weighted by atomic mass is 10.2. The molecule has 0 radical (unpaired) electrons. The Kier molecular flexibility index (Phi) is 3.19. The number of benzene rings is 1. The number of nitrogens with one attached hydrogen (secondary N) is 1. The van der Waals surface area contributed by atoms with Gasteiger partial charge in [0.15, 0.2) is 0 Å². The van der Waals surface area contributed by atoms with Crippen LogP contribution in [-0.2, 0) is 4.74 Å². The van der Waals surface area contributed by atoms with Crippen molar-refractivity contribution >= 4 is 28.6 Å². The fraction of sp³-hybridized carbons (Fsp3) is 0.250. The summed E-state index contributed by atoms with van der Waals surface area (Å²) in [7, 11) is 0. The number of hydrogen-bond acceptors (Lipinski definition) is 3. The third-order valence-electron chi connectivity index (χ3n) is 2.33. The fourth-order valence-corrected chi connectivity index (χ4v) is 2.20. The lowest BCUT2D eigenvalue weighted by molar-refractivity contribution is 0.0520. The highest BCUT2D eigenvalue weighted by atomic mass is 32.2. The van der Waals surface area contributed by atoms with Gasteiger partial charge in [0.05, 0.1) is 12.1 Å². The first-order valence-corrected chi connectivity index (χ1v) is 6.31. The second-order valence-electron chi connectivity index (χ2n) is 3.33. The van der Waals surface area contributed by atoms with Crippen molar-refractivity contribution < 1.29 is 9.53 Å². The predicted molar refractivity (Wildman–Crippen MR) is 66.0 cm³/mol. The van der Waals surface area contributed by atoms with Crippen molar-refractivity contribution in [2.75, 3.05) is 12.9 Å². The number of carbonyl (C=O) groups is 1. The van der Waals surface area contributed by atoms with Crippen molar-refractivity contribution in [1.82, 2.24) is 4.98 Å². The van der Waals surface area contributed by atoms with E-state index in [1.165, 1.54) is 0 Å². The number of H-pyrrole nitrogens is 1. The number of carbonyl (C=O) groups excluding carboxylic acids is 1. The van der Waals surface area contributed by atoms with Gasteiger partial charge in [0.2, 0.25) is 0 Å². The van der Waals surface area contributed by atoms with Crippen LogP contribution in [-0.4, -0.2) is 23.8 Å². The number of hydrogen-bond donors (Lipinski definition) is 1. The topological polar surface area (TPSA) is 42.1 Å². The van der Waals surface area contributed by atoms with Crippen LogP contribution in [0.3, 0.4) is 0 Å². The van der Waals surface area contributed by atoms with Crippen molar-refractivity contribution in [3.05, 3.63) is 30.0 Å². The van der Waals surface area contributed by atoms with Gasteiger partial charge in [0.1, 0.15) is 5.69 Å². The Labute approximate surface area is 98.2 Å². The number of thioether (sulfide) groups is 1. The van der Waals surface area contributed by atoms with Crippen LogP contribution in [0.1, 0.15) is 17.4 Å². The molecule has 84 valence electrons. The summed E-state index contributed by atoms with van der Waals surface area (Å²) in [6, 6.07) is 7.82. The quantitative estimate of drug-likeness (QED) is 0.656. The third-order valence-corrected chi connectivity index (χ3v) is 3.11. The average molecular weight is 235 g/mol. The van der Waals surface area contributed by atoms with Gasteiger partial charge in [-0.2, -0.15) is 0 Å². The first kappa shape index (κ1) is 11.1. The standard InChI is InChI=1S/C12H13NO2S/c1-3-15-12(14)9-7-8-5-4-6-10(16-2)11(8)13-9/h4-7,13H,3H2,1-2H3. The number of ether oxygens (including phenoxy) is 1. The molecule has 1 aromatic heterocycles. The molecule has 1 aromatic carbocycles. The maximum absolute atomic E-state index is 11.6. The lowest BCUT2D eigenvalue weighted by Crippen LogP contribution is -2.04. The zero-order valence-corrected chi connectivity index (χ0v) is 10.1. The van der Waals surface area contributed by atoms with Gasteiger partial charge in [0, 0.05) is 10.3 Å². The molecule has 0 aliphatic rings. The van der Waals surface area contributed by atoms with E-state index >= 15 is 0 Å². The molecular weight excluding hydrogens is 222 g/mol. The normalized spacial score (nSPS) is 10.6. The van der Waals surface area contributed by atoms with Crippen LogP contribution >= 0.6 is 11.8 Å². The second-order valence-corrected chi connectivity index (χ2v) is 4.18. The van der Waals surface area contributed by atoms with Crippen LogP contribution in [0.15, 0.2) is 29.2 Å². The van der Waals surface area contributed by atoms with Gasteiger partial charge in [-0.25, -0.2) is 4.79 Å². The number of rotatable bonds is 3. The van der Waals surface area contributed by atoms with Gasteiger partial charge < -0.3 is 9.72 Å².